The van der Waals surface area contributed by atoms with Gasteiger partial charge in [0.25, 0.3) is 5.97 Å². The first-order chi connectivity index (χ1) is 5.66. The molecule has 0 saturated carbocycles. The van der Waals surface area contributed by atoms with Crippen molar-refractivity contribution in [2.45, 2.75) is 20.3 Å². The first-order valence-corrected chi connectivity index (χ1v) is 3.90. The van der Waals surface area contributed by atoms with Crippen molar-refractivity contribution in [3.05, 3.63) is 35.9 Å². The summed E-state index contributed by atoms with van der Waals surface area (Å²) in [7, 11) is 0. The zero-order valence-corrected chi connectivity index (χ0v) is 8.16. The van der Waals surface area contributed by atoms with Gasteiger partial charge in [0.1, 0.15) is 0 Å². The van der Waals surface area contributed by atoms with Gasteiger partial charge in [0.2, 0.25) is 0 Å². The number of hydrogen-bond acceptors (Lipinski definition) is 2. The Morgan fingerprint density at radius 3 is 1.92 bits per heavy atom. The van der Waals surface area contributed by atoms with Crippen LogP contribution in [0, 0.1) is 0 Å². The lowest BCUT2D eigenvalue weighted by Crippen LogP contribution is -1.78. The monoisotopic (exact) mass is 183 g/mol. The third-order valence-electron chi connectivity index (χ3n) is 1.25. The summed E-state index contributed by atoms with van der Waals surface area (Å²) in [5.41, 5.74) is 1.41. The lowest BCUT2D eigenvalue weighted by molar-refractivity contribution is -0.134. The Morgan fingerprint density at radius 1 is 1.31 bits per heavy atom. The van der Waals surface area contributed by atoms with Crippen LogP contribution in [0.4, 0.5) is 0 Å². The minimum atomic E-state index is -0.833. The third kappa shape index (κ3) is 10.7. The largest absolute Gasteiger partial charge is 0.481 e. The number of rotatable bonds is 1. The van der Waals surface area contributed by atoms with E-state index < -0.39 is 5.97 Å². The quantitative estimate of drug-likeness (QED) is 0.702. The lowest BCUT2D eigenvalue weighted by atomic mass is 10.2. The van der Waals surface area contributed by atoms with Crippen molar-refractivity contribution in [2.75, 3.05) is 0 Å². The van der Waals surface area contributed by atoms with E-state index in [0.29, 0.717) is 0 Å². The highest BCUT2D eigenvalue weighted by Gasteiger charge is 1.79. The van der Waals surface area contributed by atoms with Crippen LogP contribution < -0.4 is 6.15 Å². The van der Waals surface area contributed by atoms with Gasteiger partial charge in [-0.15, -0.1) is 0 Å². The summed E-state index contributed by atoms with van der Waals surface area (Å²) in [4.78, 5) is 9.00. The van der Waals surface area contributed by atoms with Crippen LogP contribution in [0.25, 0.3) is 0 Å². The standard InChI is InChI=1S/C8H10.C2H4O2.H3N/c1-2-8-6-4-3-5-7-8;1-2(3)4;/h3-7H,2H2,1H3;1H3,(H,3,4);1H3. The predicted molar refractivity (Wildman–Crippen MR) is 54.2 cm³/mol. The molecule has 1 aromatic carbocycles. The number of aryl methyl sites for hydroxylation is 1. The van der Waals surface area contributed by atoms with E-state index in [1.54, 1.807) is 0 Å². The first-order valence-electron chi connectivity index (χ1n) is 3.90. The minimum absolute atomic E-state index is 0. The van der Waals surface area contributed by atoms with Gasteiger partial charge in [0.05, 0.1) is 0 Å². The summed E-state index contributed by atoms with van der Waals surface area (Å²) in [6.45, 7) is 3.25. The zero-order chi connectivity index (χ0) is 9.40. The number of carboxylic acids is 1. The molecule has 1 aromatic rings. The van der Waals surface area contributed by atoms with Crippen LogP contribution in [-0.4, -0.2) is 11.1 Å². The fourth-order valence-electron chi connectivity index (χ4n) is 0.714. The average molecular weight is 183 g/mol. The number of aliphatic carboxylic acids is 1. The van der Waals surface area contributed by atoms with Gasteiger partial charge in [-0.1, -0.05) is 37.3 Å². The minimum Gasteiger partial charge on any atom is -0.481 e. The molecule has 3 heteroatoms. The molecule has 0 atom stereocenters. The van der Waals surface area contributed by atoms with E-state index in [4.69, 9.17) is 9.90 Å². The molecular weight excluding hydrogens is 166 g/mol. The molecule has 3 nitrogen and oxygen atoms in total. The Morgan fingerprint density at radius 2 is 1.69 bits per heavy atom. The summed E-state index contributed by atoms with van der Waals surface area (Å²) < 4.78 is 0. The van der Waals surface area contributed by atoms with Crippen molar-refractivity contribution < 1.29 is 9.90 Å². The fourth-order valence-corrected chi connectivity index (χ4v) is 0.714. The molecule has 0 bridgehead atoms. The van der Waals surface area contributed by atoms with E-state index in [9.17, 15) is 0 Å². The third-order valence-corrected chi connectivity index (χ3v) is 1.25. The molecule has 4 N–H and O–H groups in total. The smallest absolute Gasteiger partial charge is 0.300 e. The maximum atomic E-state index is 9.00. The Kier molecular flexibility index (Phi) is 9.54. The first kappa shape index (κ1) is 14.2. The topological polar surface area (TPSA) is 72.3 Å². The maximum absolute atomic E-state index is 9.00. The molecule has 0 heterocycles. The Labute approximate surface area is 79.0 Å². The number of hydrogen-bond donors (Lipinski definition) is 2. The van der Waals surface area contributed by atoms with Gasteiger partial charge in [-0.2, -0.15) is 0 Å². The molecule has 0 aliphatic carbocycles. The second-order valence-electron chi connectivity index (χ2n) is 2.36. The van der Waals surface area contributed by atoms with Gasteiger partial charge in [-0.3, -0.25) is 4.79 Å². The maximum Gasteiger partial charge on any atom is 0.300 e. The molecule has 0 unspecified atom stereocenters. The Balaban J connectivity index is 0. The van der Waals surface area contributed by atoms with Crippen LogP contribution >= 0.6 is 0 Å². The highest BCUT2D eigenvalue weighted by atomic mass is 16.4. The van der Waals surface area contributed by atoms with Crippen LogP contribution in [0.5, 0.6) is 0 Å². The van der Waals surface area contributed by atoms with Crippen molar-refractivity contribution in [3.8, 4) is 0 Å². The van der Waals surface area contributed by atoms with Crippen LogP contribution in [0.1, 0.15) is 19.4 Å². The van der Waals surface area contributed by atoms with Gasteiger partial charge in [-0.25, -0.2) is 0 Å². The van der Waals surface area contributed by atoms with Crippen LogP contribution in [0.3, 0.4) is 0 Å². The second kappa shape index (κ2) is 8.74. The number of carboxylic acid groups (broad SMARTS) is 1. The van der Waals surface area contributed by atoms with E-state index in [2.05, 4.69) is 31.2 Å². The Hall–Kier alpha value is -1.35. The molecule has 0 aliphatic rings. The highest BCUT2D eigenvalue weighted by Crippen LogP contribution is 1.96. The van der Waals surface area contributed by atoms with Crippen molar-refractivity contribution in [1.29, 1.82) is 0 Å². The molecule has 0 spiro atoms. The van der Waals surface area contributed by atoms with Crippen LogP contribution in [0.15, 0.2) is 30.3 Å². The average Bonchev–Trinajstić information content (AvgIpc) is 2.05. The van der Waals surface area contributed by atoms with Crippen molar-refractivity contribution >= 4 is 5.97 Å². The molecular formula is C10H17NO2. The zero-order valence-electron chi connectivity index (χ0n) is 8.16. The lowest BCUT2D eigenvalue weighted by Gasteiger charge is -1.89. The highest BCUT2D eigenvalue weighted by molar-refractivity contribution is 5.62. The SMILES string of the molecule is CC(=O)O.CCc1ccccc1.N. The molecule has 13 heavy (non-hydrogen) atoms. The fraction of sp³-hybridized carbons (Fsp3) is 0.300. The predicted octanol–water partition coefficient (Wildman–Crippen LogP) is 2.50. The molecule has 0 aromatic heterocycles. The molecule has 0 aliphatic heterocycles. The van der Waals surface area contributed by atoms with E-state index in [-0.39, 0.29) is 6.15 Å². The van der Waals surface area contributed by atoms with E-state index in [1.807, 2.05) is 6.07 Å². The summed E-state index contributed by atoms with van der Waals surface area (Å²) in [6, 6.07) is 10.5. The Bertz CT molecular complexity index is 218. The number of benzene rings is 1. The summed E-state index contributed by atoms with van der Waals surface area (Å²) in [6.07, 6.45) is 1.14. The van der Waals surface area contributed by atoms with Gasteiger partial charge in [0.15, 0.2) is 0 Å². The molecule has 0 fully saturated rings. The van der Waals surface area contributed by atoms with Gasteiger partial charge < -0.3 is 11.3 Å². The van der Waals surface area contributed by atoms with E-state index in [0.717, 1.165) is 13.3 Å². The summed E-state index contributed by atoms with van der Waals surface area (Å²) in [5, 5.41) is 7.42. The van der Waals surface area contributed by atoms with Crippen molar-refractivity contribution in [1.82, 2.24) is 6.15 Å². The normalized spacial score (nSPS) is 7.54. The molecule has 0 radical (unpaired) electrons. The van der Waals surface area contributed by atoms with E-state index in [1.165, 1.54) is 5.56 Å². The number of carbonyl (C=O) groups is 1. The van der Waals surface area contributed by atoms with E-state index >= 15 is 0 Å². The second-order valence-corrected chi connectivity index (χ2v) is 2.36. The summed E-state index contributed by atoms with van der Waals surface area (Å²) >= 11 is 0. The van der Waals surface area contributed by atoms with Gasteiger partial charge in [0, 0.05) is 6.92 Å². The van der Waals surface area contributed by atoms with Gasteiger partial charge in [-0.05, 0) is 12.0 Å². The molecule has 74 valence electrons. The molecule has 1 rings (SSSR count). The van der Waals surface area contributed by atoms with Crippen LogP contribution in [-0.2, 0) is 11.2 Å². The van der Waals surface area contributed by atoms with Gasteiger partial charge >= 0.3 is 0 Å². The summed E-state index contributed by atoms with van der Waals surface area (Å²) in [5.74, 6) is -0.833. The molecule has 0 amide bonds. The molecule has 0 saturated heterocycles. The van der Waals surface area contributed by atoms with Crippen molar-refractivity contribution in [2.24, 2.45) is 0 Å². The van der Waals surface area contributed by atoms with Crippen LogP contribution in [0.2, 0.25) is 0 Å². The van der Waals surface area contributed by atoms with Crippen molar-refractivity contribution in [3.63, 3.8) is 0 Å².